The molecule has 2 rings (SSSR count). The molecule has 0 saturated carbocycles. The summed E-state index contributed by atoms with van der Waals surface area (Å²) in [6.45, 7) is 13.3. The Morgan fingerprint density at radius 2 is 1.52 bits per heavy atom. The third-order valence-corrected chi connectivity index (χ3v) is 4.37. The molecule has 0 fully saturated rings. The molecule has 0 aromatic heterocycles. The lowest BCUT2D eigenvalue weighted by Crippen LogP contribution is -2.32. The van der Waals surface area contributed by atoms with Crippen molar-refractivity contribution in [3.63, 3.8) is 0 Å². The molecule has 0 spiro atoms. The minimum absolute atomic E-state index is 0.00418. The van der Waals surface area contributed by atoms with E-state index >= 15 is 0 Å². The van der Waals surface area contributed by atoms with Crippen LogP contribution in [0.4, 0.5) is 5.69 Å². The second kappa shape index (κ2) is 7.11. The van der Waals surface area contributed by atoms with Crippen LogP contribution in [0, 0.1) is 10.8 Å². The minimum atomic E-state index is 0.00418. The standard InChI is InChI=1S/C23H33NO/c1-22(2,3)20-15-18(16-21(25-20)23(4,5)6)10-9-17-11-13-19(14-12-17)24(7)8/h9-16,20H,1-8H3. The molecule has 1 aliphatic heterocycles. The van der Waals surface area contributed by atoms with Crippen LogP contribution in [0.25, 0.3) is 6.08 Å². The van der Waals surface area contributed by atoms with E-state index in [1.165, 1.54) is 16.8 Å². The molecule has 0 radical (unpaired) electrons. The molecule has 136 valence electrons. The number of hydrogen-bond donors (Lipinski definition) is 0. The van der Waals surface area contributed by atoms with Crippen molar-refractivity contribution >= 4 is 11.8 Å². The quantitative estimate of drug-likeness (QED) is 0.663. The molecule has 1 heterocycles. The maximum atomic E-state index is 6.28. The van der Waals surface area contributed by atoms with Gasteiger partial charge in [0.05, 0.1) is 0 Å². The van der Waals surface area contributed by atoms with E-state index in [2.05, 4.69) is 109 Å². The van der Waals surface area contributed by atoms with E-state index in [0.717, 1.165) is 5.76 Å². The van der Waals surface area contributed by atoms with Crippen LogP contribution in [0.1, 0.15) is 47.1 Å². The Bertz CT molecular complexity index is 676. The number of allylic oxidation sites excluding steroid dienone is 4. The molecular weight excluding hydrogens is 306 g/mol. The van der Waals surface area contributed by atoms with Gasteiger partial charge in [-0.3, -0.25) is 0 Å². The summed E-state index contributed by atoms with van der Waals surface area (Å²) < 4.78 is 6.28. The van der Waals surface area contributed by atoms with Crippen LogP contribution in [0.2, 0.25) is 0 Å². The molecule has 2 nitrogen and oxygen atoms in total. The Labute approximate surface area is 153 Å². The Hall–Kier alpha value is -1.96. The number of anilines is 1. The van der Waals surface area contributed by atoms with Gasteiger partial charge in [-0.2, -0.15) is 0 Å². The Morgan fingerprint density at radius 3 is 2.00 bits per heavy atom. The van der Waals surface area contributed by atoms with Crippen molar-refractivity contribution in [1.82, 2.24) is 0 Å². The SMILES string of the molecule is CN(C)c1ccc(C=CC2=CC(C(C)(C)C)OC(C(C)(C)C)=C2)cc1. The minimum Gasteiger partial charge on any atom is -0.490 e. The fourth-order valence-corrected chi connectivity index (χ4v) is 2.58. The van der Waals surface area contributed by atoms with Gasteiger partial charge in [0.2, 0.25) is 0 Å². The van der Waals surface area contributed by atoms with Gasteiger partial charge in [0.25, 0.3) is 0 Å². The van der Waals surface area contributed by atoms with Gasteiger partial charge < -0.3 is 9.64 Å². The van der Waals surface area contributed by atoms with E-state index in [9.17, 15) is 0 Å². The molecule has 1 atom stereocenters. The van der Waals surface area contributed by atoms with Crippen molar-refractivity contribution < 1.29 is 4.74 Å². The summed E-state index contributed by atoms with van der Waals surface area (Å²) in [6, 6.07) is 8.60. The van der Waals surface area contributed by atoms with Crippen molar-refractivity contribution in [3.05, 3.63) is 59.4 Å². The molecule has 0 N–H and O–H groups in total. The zero-order valence-electron chi connectivity index (χ0n) is 17.1. The molecule has 0 bridgehead atoms. The fraction of sp³-hybridized carbons (Fsp3) is 0.478. The maximum Gasteiger partial charge on any atom is 0.122 e. The topological polar surface area (TPSA) is 12.5 Å². The first-order chi connectivity index (χ1) is 11.5. The van der Waals surface area contributed by atoms with Crippen molar-refractivity contribution in [2.24, 2.45) is 10.8 Å². The predicted molar refractivity (Wildman–Crippen MR) is 110 cm³/mol. The highest BCUT2D eigenvalue weighted by molar-refractivity contribution is 5.59. The van der Waals surface area contributed by atoms with E-state index in [0.29, 0.717) is 0 Å². The van der Waals surface area contributed by atoms with E-state index in [4.69, 9.17) is 4.74 Å². The van der Waals surface area contributed by atoms with Gasteiger partial charge in [-0.15, -0.1) is 0 Å². The summed E-state index contributed by atoms with van der Waals surface area (Å²) in [5.41, 5.74) is 3.70. The van der Waals surface area contributed by atoms with Crippen LogP contribution < -0.4 is 4.90 Å². The number of nitrogens with zero attached hydrogens (tertiary/aromatic N) is 1. The van der Waals surface area contributed by atoms with E-state index in [1.807, 2.05) is 0 Å². The summed E-state index contributed by atoms with van der Waals surface area (Å²) in [5.74, 6) is 1.05. The molecule has 25 heavy (non-hydrogen) atoms. The summed E-state index contributed by atoms with van der Waals surface area (Å²) in [5, 5.41) is 0. The van der Waals surface area contributed by atoms with Crippen LogP contribution in [-0.4, -0.2) is 20.2 Å². The molecule has 1 aromatic rings. The van der Waals surface area contributed by atoms with Gasteiger partial charge in [0, 0.05) is 30.6 Å². The average molecular weight is 340 g/mol. The van der Waals surface area contributed by atoms with Crippen LogP contribution >= 0.6 is 0 Å². The fourth-order valence-electron chi connectivity index (χ4n) is 2.58. The second-order valence-electron chi connectivity index (χ2n) is 9.15. The van der Waals surface area contributed by atoms with E-state index in [1.54, 1.807) is 0 Å². The van der Waals surface area contributed by atoms with Gasteiger partial charge >= 0.3 is 0 Å². The van der Waals surface area contributed by atoms with Gasteiger partial charge in [0.1, 0.15) is 11.9 Å². The number of benzene rings is 1. The zero-order valence-corrected chi connectivity index (χ0v) is 17.1. The highest BCUT2D eigenvalue weighted by atomic mass is 16.5. The highest BCUT2D eigenvalue weighted by Gasteiger charge is 2.31. The average Bonchev–Trinajstić information content (AvgIpc) is 2.51. The van der Waals surface area contributed by atoms with Crippen LogP contribution in [0.15, 0.2) is 53.8 Å². The summed E-state index contributed by atoms with van der Waals surface area (Å²) in [6.07, 6.45) is 8.86. The van der Waals surface area contributed by atoms with Crippen LogP contribution in [0.3, 0.4) is 0 Å². The first kappa shape index (κ1) is 19.4. The van der Waals surface area contributed by atoms with Crippen LogP contribution in [-0.2, 0) is 4.74 Å². The Kier molecular flexibility index (Phi) is 5.51. The normalized spacial score (nSPS) is 18.6. The van der Waals surface area contributed by atoms with Crippen molar-refractivity contribution in [3.8, 4) is 0 Å². The largest absolute Gasteiger partial charge is 0.490 e. The van der Waals surface area contributed by atoms with Gasteiger partial charge in [-0.25, -0.2) is 0 Å². The first-order valence-corrected chi connectivity index (χ1v) is 9.03. The molecule has 0 amide bonds. The Balaban J connectivity index is 2.27. The molecule has 1 unspecified atom stereocenters. The Morgan fingerprint density at radius 1 is 0.920 bits per heavy atom. The lowest BCUT2D eigenvalue weighted by Gasteiger charge is -2.36. The van der Waals surface area contributed by atoms with E-state index < -0.39 is 0 Å². The lowest BCUT2D eigenvalue weighted by atomic mass is 9.84. The van der Waals surface area contributed by atoms with Crippen molar-refractivity contribution in [2.45, 2.75) is 47.6 Å². The van der Waals surface area contributed by atoms with Crippen LogP contribution in [0.5, 0.6) is 0 Å². The third-order valence-electron chi connectivity index (χ3n) is 4.37. The van der Waals surface area contributed by atoms with Gasteiger partial charge in [-0.05, 0) is 35.4 Å². The lowest BCUT2D eigenvalue weighted by molar-refractivity contribution is 0.0323. The first-order valence-electron chi connectivity index (χ1n) is 9.03. The summed E-state index contributed by atoms with van der Waals surface area (Å²) >= 11 is 0. The second-order valence-corrected chi connectivity index (χ2v) is 9.15. The number of hydrogen-bond acceptors (Lipinski definition) is 2. The van der Waals surface area contributed by atoms with Crippen molar-refractivity contribution in [1.29, 1.82) is 0 Å². The number of rotatable bonds is 3. The molecule has 2 heteroatoms. The van der Waals surface area contributed by atoms with Gasteiger partial charge in [-0.1, -0.05) is 65.8 Å². The summed E-state index contributed by atoms with van der Waals surface area (Å²) in [7, 11) is 4.12. The summed E-state index contributed by atoms with van der Waals surface area (Å²) in [4.78, 5) is 2.11. The molecule has 1 aliphatic rings. The molecule has 0 saturated heterocycles. The zero-order chi connectivity index (χ0) is 18.8. The van der Waals surface area contributed by atoms with Gasteiger partial charge in [0.15, 0.2) is 0 Å². The van der Waals surface area contributed by atoms with Crippen molar-refractivity contribution in [2.75, 3.05) is 19.0 Å². The smallest absolute Gasteiger partial charge is 0.122 e. The molecule has 0 aliphatic carbocycles. The van der Waals surface area contributed by atoms with E-state index in [-0.39, 0.29) is 16.9 Å². The molecular formula is C23H33NO. The molecule has 1 aromatic carbocycles. The maximum absolute atomic E-state index is 6.28. The monoisotopic (exact) mass is 339 g/mol. The predicted octanol–water partition coefficient (Wildman–Crippen LogP) is 6.07. The number of ether oxygens (including phenoxy) is 1. The third kappa shape index (κ3) is 5.26. The highest BCUT2D eigenvalue weighted by Crippen LogP contribution is 2.37.